The van der Waals surface area contributed by atoms with Crippen LogP contribution in [0.3, 0.4) is 0 Å². The average Bonchev–Trinajstić information content (AvgIpc) is 2.39. The van der Waals surface area contributed by atoms with E-state index in [1.54, 1.807) is 0 Å². The summed E-state index contributed by atoms with van der Waals surface area (Å²) >= 11 is 0. The fraction of sp³-hybridized carbons (Fsp3) is 0.0769. The van der Waals surface area contributed by atoms with Gasteiger partial charge in [0.05, 0.1) is 7.11 Å². The van der Waals surface area contributed by atoms with Crippen LogP contribution in [0, 0.1) is 11.6 Å². The summed E-state index contributed by atoms with van der Waals surface area (Å²) in [5.41, 5.74) is 0.106. The van der Waals surface area contributed by atoms with Crippen molar-refractivity contribution in [3.05, 3.63) is 47.8 Å². The van der Waals surface area contributed by atoms with Gasteiger partial charge in [0, 0.05) is 17.3 Å². The molecule has 0 spiro atoms. The first-order valence-corrected chi connectivity index (χ1v) is 5.10. The molecule has 2 rings (SSSR count). The summed E-state index contributed by atoms with van der Waals surface area (Å²) in [5.74, 6) is -0.855. The molecule has 1 aromatic carbocycles. The van der Waals surface area contributed by atoms with Crippen molar-refractivity contribution in [1.29, 1.82) is 0 Å². The van der Waals surface area contributed by atoms with E-state index in [0.29, 0.717) is 12.0 Å². The van der Waals surface area contributed by atoms with E-state index in [-0.39, 0.29) is 16.8 Å². The van der Waals surface area contributed by atoms with Crippen LogP contribution in [0.1, 0.15) is 10.5 Å². The quantitative estimate of drug-likeness (QED) is 0.785. The summed E-state index contributed by atoms with van der Waals surface area (Å²) < 4.78 is 32.0. The molecule has 5 heteroatoms. The van der Waals surface area contributed by atoms with Crippen LogP contribution >= 0.6 is 0 Å². The molecule has 1 heterocycles. The molecule has 3 nitrogen and oxygen atoms in total. The molecule has 92 valence electrons. The van der Waals surface area contributed by atoms with Gasteiger partial charge in [0.2, 0.25) is 0 Å². The highest BCUT2D eigenvalue weighted by Gasteiger charge is 2.10. The minimum absolute atomic E-state index is 0.165. The molecule has 0 aliphatic rings. The summed E-state index contributed by atoms with van der Waals surface area (Å²) in [4.78, 5) is 14.1. The molecule has 0 saturated carbocycles. The lowest BCUT2D eigenvalue weighted by Crippen LogP contribution is -1.95. The Labute approximate surface area is 102 Å². The van der Waals surface area contributed by atoms with Gasteiger partial charge in [-0.1, -0.05) is 0 Å². The lowest BCUT2D eigenvalue weighted by molar-refractivity contribution is 0.111. The summed E-state index contributed by atoms with van der Waals surface area (Å²) in [7, 11) is 1.45. The monoisotopic (exact) mass is 249 g/mol. The molecule has 1 aromatic heterocycles. The predicted molar refractivity (Wildman–Crippen MR) is 61.5 cm³/mol. The minimum atomic E-state index is -0.787. The van der Waals surface area contributed by atoms with E-state index in [9.17, 15) is 13.6 Å². The standard InChI is InChI=1S/C13H9F2NO2/c1-18-9-2-3-11(14)10(5-9)8-4-12(15)13(7-17)16-6-8/h2-7H,1H3. The van der Waals surface area contributed by atoms with Gasteiger partial charge in [-0.3, -0.25) is 4.79 Å². The zero-order valence-corrected chi connectivity index (χ0v) is 9.48. The van der Waals surface area contributed by atoms with Gasteiger partial charge in [-0.25, -0.2) is 13.8 Å². The number of rotatable bonds is 3. The zero-order valence-electron chi connectivity index (χ0n) is 9.48. The van der Waals surface area contributed by atoms with Gasteiger partial charge in [-0.15, -0.1) is 0 Å². The van der Waals surface area contributed by atoms with Gasteiger partial charge in [0.25, 0.3) is 0 Å². The van der Waals surface area contributed by atoms with Gasteiger partial charge in [0.1, 0.15) is 17.3 Å². The van der Waals surface area contributed by atoms with Crippen LogP contribution in [-0.2, 0) is 0 Å². The molecule has 0 bridgehead atoms. The lowest BCUT2D eigenvalue weighted by atomic mass is 10.1. The first kappa shape index (κ1) is 12.2. The van der Waals surface area contributed by atoms with Crippen molar-refractivity contribution in [2.24, 2.45) is 0 Å². The SMILES string of the molecule is COc1ccc(F)c(-c2cnc(C=O)c(F)c2)c1. The Balaban J connectivity index is 2.54. The second kappa shape index (κ2) is 4.91. The van der Waals surface area contributed by atoms with E-state index in [2.05, 4.69) is 4.98 Å². The Hall–Kier alpha value is -2.30. The van der Waals surface area contributed by atoms with E-state index in [4.69, 9.17) is 4.74 Å². The number of benzene rings is 1. The van der Waals surface area contributed by atoms with Crippen molar-refractivity contribution in [3.8, 4) is 16.9 Å². The van der Waals surface area contributed by atoms with Gasteiger partial charge < -0.3 is 4.74 Å². The lowest BCUT2D eigenvalue weighted by Gasteiger charge is -2.06. The predicted octanol–water partition coefficient (Wildman–Crippen LogP) is 2.85. The van der Waals surface area contributed by atoms with E-state index >= 15 is 0 Å². The van der Waals surface area contributed by atoms with Gasteiger partial charge in [-0.2, -0.15) is 0 Å². The van der Waals surface area contributed by atoms with E-state index < -0.39 is 11.6 Å². The molecule has 0 saturated heterocycles. The third-order valence-corrected chi connectivity index (χ3v) is 2.47. The third-order valence-electron chi connectivity index (χ3n) is 2.47. The van der Waals surface area contributed by atoms with Crippen molar-refractivity contribution < 1.29 is 18.3 Å². The number of hydrogen-bond acceptors (Lipinski definition) is 3. The number of halogens is 2. The van der Waals surface area contributed by atoms with E-state index in [1.807, 2.05) is 0 Å². The van der Waals surface area contributed by atoms with Crippen molar-refractivity contribution >= 4 is 6.29 Å². The maximum absolute atomic E-state index is 13.6. The van der Waals surface area contributed by atoms with E-state index in [1.165, 1.54) is 31.5 Å². The van der Waals surface area contributed by atoms with Crippen LogP contribution < -0.4 is 4.74 Å². The van der Waals surface area contributed by atoms with Crippen molar-refractivity contribution in [1.82, 2.24) is 4.98 Å². The van der Waals surface area contributed by atoms with Gasteiger partial charge >= 0.3 is 0 Å². The van der Waals surface area contributed by atoms with Crippen LogP contribution in [0.25, 0.3) is 11.1 Å². The molecule has 0 fully saturated rings. The first-order chi connectivity index (χ1) is 8.65. The highest BCUT2D eigenvalue weighted by molar-refractivity contribution is 5.74. The number of nitrogens with zero attached hydrogens (tertiary/aromatic N) is 1. The average molecular weight is 249 g/mol. The van der Waals surface area contributed by atoms with Crippen molar-refractivity contribution in [2.75, 3.05) is 7.11 Å². The second-order valence-corrected chi connectivity index (χ2v) is 3.55. The van der Waals surface area contributed by atoms with Crippen LogP contribution in [0.2, 0.25) is 0 Å². The Kier molecular flexibility index (Phi) is 3.32. The highest BCUT2D eigenvalue weighted by Crippen LogP contribution is 2.27. The summed E-state index contributed by atoms with van der Waals surface area (Å²) in [6.45, 7) is 0. The molecule has 18 heavy (non-hydrogen) atoms. The largest absolute Gasteiger partial charge is 0.497 e. The first-order valence-electron chi connectivity index (χ1n) is 5.10. The molecule has 0 radical (unpaired) electrons. The normalized spacial score (nSPS) is 10.2. The third kappa shape index (κ3) is 2.20. The molecule has 0 amide bonds. The number of methoxy groups -OCH3 is 1. The number of carbonyl (C=O) groups is 1. The summed E-state index contributed by atoms with van der Waals surface area (Å²) in [5, 5.41) is 0. The highest BCUT2D eigenvalue weighted by atomic mass is 19.1. The Morgan fingerprint density at radius 1 is 1.22 bits per heavy atom. The smallest absolute Gasteiger partial charge is 0.171 e. The Morgan fingerprint density at radius 3 is 2.61 bits per heavy atom. The number of ether oxygens (including phenoxy) is 1. The fourth-order valence-corrected chi connectivity index (χ4v) is 1.54. The van der Waals surface area contributed by atoms with Crippen molar-refractivity contribution in [2.45, 2.75) is 0 Å². The molecule has 0 aliphatic carbocycles. The molecular formula is C13H9F2NO2. The molecular weight excluding hydrogens is 240 g/mol. The summed E-state index contributed by atoms with van der Waals surface area (Å²) in [6.07, 6.45) is 1.55. The van der Waals surface area contributed by atoms with Gasteiger partial charge in [-0.05, 0) is 24.3 Å². The Bertz CT molecular complexity index is 600. The summed E-state index contributed by atoms with van der Waals surface area (Å²) in [6, 6.07) is 5.18. The topological polar surface area (TPSA) is 39.2 Å². The maximum atomic E-state index is 13.6. The molecule has 0 unspecified atom stereocenters. The number of carbonyl (C=O) groups excluding carboxylic acids is 1. The molecule has 0 N–H and O–H groups in total. The minimum Gasteiger partial charge on any atom is -0.497 e. The van der Waals surface area contributed by atoms with Gasteiger partial charge in [0.15, 0.2) is 12.1 Å². The van der Waals surface area contributed by atoms with Crippen LogP contribution in [-0.4, -0.2) is 18.4 Å². The number of aromatic nitrogens is 1. The second-order valence-electron chi connectivity index (χ2n) is 3.55. The zero-order chi connectivity index (χ0) is 13.1. The van der Waals surface area contributed by atoms with E-state index in [0.717, 1.165) is 6.07 Å². The van der Waals surface area contributed by atoms with Crippen molar-refractivity contribution in [3.63, 3.8) is 0 Å². The fourth-order valence-electron chi connectivity index (χ4n) is 1.54. The van der Waals surface area contributed by atoms with Crippen LogP contribution in [0.5, 0.6) is 5.75 Å². The Morgan fingerprint density at radius 2 is 2.00 bits per heavy atom. The number of pyridine rings is 1. The molecule has 0 atom stereocenters. The van der Waals surface area contributed by atoms with Crippen LogP contribution in [0.15, 0.2) is 30.5 Å². The molecule has 2 aromatic rings. The maximum Gasteiger partial charge on any atom is 0.171 e. The number of hydrogen-bond donors (Lipinski definition) is 0. The molecule has 0 aliphatic heterocycles. The van der Waals surface area contributed by atoms with Crippen LogP contribution in [0.4, 0.5) is 8.78 Å². The number of aldehydes is 1.